The van der Waals surface area contributed by atoms with Crippen LogP contribution in [-0.4, -0.2) is 9.13 Å². The van der Waals surface area contributed by atoms with Gasteiger partial charge in [0.05, 0.1) is 73.9 Å². The average Bonchev–Trinajstić information content (AvgIpc) is 3.80. The van der Waals surface area contributed by atoms with E-state index in [4.69, 9.17) is 0 Å². The van der Waals surface area contributed by atoms with Crippen molar-refractivity contribution in [3.8, 4) is 69.0 Å². The molecule has 0 saturated carbocycles. The van der Waals surface area contributed by atoms with E-state index in [2.05, 4.69) is 94.1 Å². The maximum absolute atomic E-state index is 11.1. The molecule has 0 atom stereocenters. The minimum absolute atomic E-state index is 0.456. The van der Waals surface area contributed by atoms with Gasteiger partial charge in [0, 0.05) is 27.1 Å². The Kier molecular flexibility index (Phi) is 7.92. The molecule has 0 unspecified atom stereocenters. The normalized spacial score (nSPS) is 11.0. The molecule has 266 valence electrons. The number of fused-ring (bicyclic) bond motifs is 6. The third-order valence-electron chi connectivity index (χ3n) is 11.1. The van der Waals surface area contributed by atoms with Crippen LogP contribution in [0.25, 0.3) is 88.4 Å². The standard InChI is InChI=1S/C52H28N6/c53-29-33-10-9-13-34(24-33)46-28-49(57-47-18-7-5-16-42(47)44-22-20-35(25-50(44)57)40-14-3-1-11-37(40)30-54)39(32-56)27-52(46)58-48-19-8-6-17-43(48)45-23-21-36(26-51(45)58)41-15-4-2-12-38(41)31-55/h1-28H. The molecule has 8 aromatic carbocycles. The van der Waals surface area contributed by atoms with Gasteiger partial charge >= 0.3 is 0 Å². The van der Waals surface area contributed by atoms with Crippen LogP contribution in [0, 0.1) is 45.3 Å². The lowest BCUT2D eigenvalue weighted by atomic mass is 9.97. The van der Waals surface area contributed by atoms with E-state index in [1.165, 1.54) is 0 Å². The van der Waals surface area contributed by atoms with Gasteiger partial charge in [-0.1, -0.05) is 109 Å². The van der Waals surface area contributed by atoms with Gasteiger partial charge in [0.25, 0.3) is 0 Å². The maximum Gasteiger partial charge on any atom is 0.101 e. The second-order valence-corrected chi connectivity index (χ2v) is 14.2. The molecule has 0 aliphatic rings. The molecule has 0 amide bonds. The number of aromatic nitrogens is 2. The molecule has 6 heteroatoms. The van der Waals surface area contributed by atoms with Crippen LogP contribution in [0.15, 0.2) is 170 Å². The first-order valence-electron chi connectivity index (χ1n) is 18.7. The molecule has 0 spiro atoms. The summed E-state index contributed by atoms with van der Waals surface area (Å²) < 4.78 is 4.34. The van der Waals surface area contributed by atoms with E-state index >= 15 is 0 Å². The summed E-state index contributed by atoms with van der Waals surface area (Å²) in [5.74, 6) is 0. The number of nitriles is 4. The van der Waals surface area contributed by atoms with Crippen molar-refractivity contribution in [2.75, 3.05) is 0 Å². The van der Waals surface area contributed by atoms with Gasteiger partial charge in [0.15, 0.2) is 0 Å². The van der Waals surface area contributed by atoms with Crippen LogP contribution in [-0.2, 0) is 0 Å². The quantitative estimate of drug-likeness (QED) is 0.175. The molecule has 0 saturated heterocycles. The van der Waals surface area contributed by atoms with E-state index in [-0.39, 0.29) is 0 Å². The summed E-state index contributed by atoms with van der Waals surface area (Å²) in [5.41, 5.74) is 12.4. The van der Waals surface area contributed by atoms with Crippen LogP contribution >= 0.6 is 0 Å². The monoisotopic (exact) mass is 736 g/mol. The Labute approximate surface area is 333 Å². The second kappa shape index (κ2) is 13.6. The molecule has 0 aliphatic heterocycles. The summed E-state index contributed by atoms with van der Waals surface area (Å²) in [4.78, 5) is 0. The smallest absolute Gasteiger partial charge is 0.101 e. The van der Waals surface area contributed by atoms with E-state index in [0.717, 1.165) is 82.7 Å². The zero-order valence-electron chi connectivity index (χ0n) is 30.8. The van der Waals surface area contributed by atoms with Gasteiger partial charge in [-0.15, -0.1) is 0 Å². The molecule has 0 bridgehead atoms. The summed E-state index contributed by atoms with van der Waals surface area (Å²) >= 11 is 0. The predicted octanol–water partition coefficient (Wildman–Crippen LogP) is 12.4. The first-order valence-corrected chi connectivity index (χ1v) is 18.7. The first kappa shape index (κ1) is 33.9. The molecule has 0 aliphatic carbocycles. The minimum Gasteiger partial charge on any atom is -0.309 e. The van der Waals surface area contributed by atoms with Crippen LogP contribution in [0.4, 0.5) is 0 Å². The van der Waals surface area contributed by atoms with Gasteiger partial charge in [-0.2, -0.15) is 21.0 Å². The Balaban J connectivity index is 1.32. The maximum atomic E-state index is 11.1. The summed E-state index contributed by atoms with van der Waals surface area (Å²) in [7, 11) is 0. The highest BCUT2D eigenvalue weighted by Crippen LogP contribution is 2.42. The Morgan fingerprint density at radius 3 is 1.34 bits per heavy atom. The molecular weight excluding hydrogens is 709 g/mol. The summed E-state index contributed by atoms with van der Waals surface area (Å²) in [6.07, 6.45) is 0. The fourth-order valence-electron chi connectivity index (χ4n) is 8.48. The van der Waals surface area contributed by atoms with Gasteiger partial charge in [-0.25, -0.2) is 0 Å². The van der Waals surface area contributed by atoms with Crippen molar-refractivity contribution in [2.45, 2.75) is 0 Å². The van der Waals surface area contributed by atoms with E-state index < -0.39 is 0 Å². The fourth-order valence-corrected chi connectivity index (χ4v) is 8.48. The molecule has 6 nitrogen and oxygen atoms in total. The van der Waals surface area contributed by atoms with E-state index in [0.29, 0.717) is 27.9 Å². The lowest BCUT2D eigenvalue weighted by Gasteiger charge is -2.19. The molecular formula is C52H28N6. The fraction of sp³-hybridized carbons (Fsp3) is 0. The number of hydrogen-bond donors (Lipinski definition) is 0. The first-order chi connectivity index (χ1) is 28.6. The van der Waals surface area contributed by atoms with Crippen molar-refractivity contribution in [1.82, 2.24) is 9.13 Å². The molecule has 58 heavy (non-hydrogen) atoms. The van der Waals surface area contributed by atoms with Crippen molar-refractivity contribution >= 4 is 43.6 Å². The highest BCUT2D eigenvalue weighted by atomic mass is 15.0. The van der Waals surface area contributed by atoms with Crippen molar-refractivity contribution < 1.29 is 0 Å². The molecule has 2 aromatic heterocycles. The topological polar surface area (TPSA) is 105 Å². The van der Waals surface area contributed by atoms with Crippen molar-refractivity contribution in [2.24, 2.45) is 0 Å². The van der Waals surface area contributed by atoms with E-state index in [1.807, 2.05) is 103 Å². The SMILES string of the molecule is N#Cc1cccc(-c2cc(-n3c4ccccc4c4ccc(-c5ccccc5C#N)cc43)c(C#N)cc2-n2c3ccccc3c3ccc(-c4ccccc4C#N)cc32)c1. The van der Waals surface area contributed by atoms with Crippen LogP contribution < -0.4 is 0 Å². The Morgan fingerprint density at radius 1 is 0.310 bits per heavy atom. The third-order valence-corrected chi connectivity index (χ3v) is 11.1. The highest BCUT2D eigenvalue weighted by Gasteiger charge is 2.23. The Bertz CT molecular complexity index is 3520. The molecule has 0 radical (unpaired) electrons. The summed E-state index contributed by atoms with van der Waals surface area (Å²) in [6, 6.07) is 65.3. The van der Waals surface area contributed by atoms with Gasteiger partial charge in [-0.3, -0.25) is 0 Å². The number of rotatable bonds is 5. The Hall–Kier alpha value is -8.68. The zero-order chi connectivity index (χ0) is 39.3. The average molecular weight is 737 g/mol. The lowest BCUT2D eigenvalue weighted by molar-refractivity contribution is 1.14. The molecule has 0 fully saturated rings. The van der Waals surface area contributed by atoms with Crippen molar-refractivity contribution in [3.63, 3.8) is 0 Å². The largest absolute Gasteiger partial charge is 0.309 e. The second-order valence-electron chi connectivity index (χ2n) is 14.2. The molecule has 10 aromatic rings. The van der Waals surface area contributed by atoms with Gasteiger partial charge in [0.1, 0.15) is 6.07 Å². The predicted molar refractivity (Wildman–Crippen MR) is 230 cm³/mol. The minimum atomic E-state index is 0.456. The molecule has 10 rings (SSSR count). The van der Waals surface area contributed by atoms with Gasteiger partial charge in [-0.05, 0) is 88.5 Å². The lowest BCUT2D eigenvalue weighted by Crippen LogP contribution is -2.04. The van der Waals surface area contributed by atoms with Crippen LogP contribution in [0.3, 0.4) is 0 Å². The summed E-state index contributed by atoms with van der Waals surface area (Å²) in [5, 5.41) is 45.3. The highest BCUT2D eigenvalue weighted by molar-refractivity contribution is 6.12. The molecule has 2 heterocycles. The molecule has 0 N–H and O–H groups in total. The third kappa shape index (κ3) is 5.23. The van der Waals surface area contributed by atoms with Gasteiger partial charge in [0.2, 0.25) is 0 Å². The number of nitrogens with zero attached hydrogens (tertiary/aromatic N) is 6. The number of benzene rings is 8. The van der Waals surface area contributed by atoms with Crippen molar-refractivity contribution in [1.29, 1.82) is 21.0 Å². The van der Waals surface area contributed by atoms with Gasteiger partial charge < -0.3 is 9.13 Å². The van der Waals surface area contributed by atoms with E-state index in [1.54, 1.807) is 6.07 Å². The Morgan fingerprint density at radius 2 is 0.793 bits per heavy atom. The van der Waals surface area contributed by atoms with Crippen LogP contribution in [0.1, 0.15) is 22.3 Å². The number of hydrogen-bond acceptors (Lipinski definition) is 4. The van der Waals surface area contributed by atoms with Crippen LogP contribution in [0.2, 0.25) is 0 Å². The zero-order valence-corrected chi connectivity index (χ0v) is 30.8. The number of para-hydroxylation sites is 2. The summed E-state index contributed by atoms with van der Waals surface area (Å²) in [6.45, 7) is 0. The van der Waals surface area contributed by atoms with E-state index in [9.17, 15) is 21.0 Å². The van der Waals surface area contributed by atoms with Crippen molar-refractivity contribution in [3.05, 3.63) is 192 Å². The van der Waals surface area contributed by atoms with Crippen LogP contribution in [0.5, 0.6) is 0 Å².